The molecular weight excluding hydrogens is 252 g/mol. The Labute approximate surface area is 95.0 Å². The van der Waals surface area contributed by atoms with Crippen LogP contribution in [0.5, 0.6) is 0 Å². The minimum Gasteiger partial charge on any atom is -0.163 e. The number of rotatable bonds is 0. The Kier molecular flexibility index (Phi) is 3.58. The van der Waals surface area contributed by atoms with Gasteiger partial charge in [0.25, 0.3) is 0 Å². The quantitative estimate of drug-likeness (QED) is 0.642. The first kappa shape index (κ1) is 9.65. The molecule has 2 saturated heterocycles. The molecule has 2 aliphatic heterocycles. The third-order valence-electron chi connectivity index (χ3n) is 1.48. The van der Waals surface area contributed by atoms with E-state index in [-0.39, 0.29) is 0 Å². The molecule has 0 aromatic rings. The predicted molar refractivity (Wildman–Crippen MR) is 68.4 cm³/mol. The van der Waals surface area contributed by atoms with E-state index in [2.05, 4.69) is 48.8 Å². The summed E-state index contributed by atoms with van der Waals surface area (Å²) in [5.74, 6) is 0. The van der Waals surface area contributed by atoms with Gasteiger partial charge in [0.1, 0.15) is 0 Å². The SMILES string of the molecule is SC1SC2SCSC2SC1S. The fourth-order valence-electron chi connectivity index (χ4n) is 0.947. The average Bonchev–Trinajstić information content (AvgIpc) is 2.36. The van der Waals surface area contributed by atoms with Crippen LogP contribution in [0.25, 0.3) is 0 Å². The largest absolute Gasteiger partial charge is 0.163 e. The van der Waals surface area contributed by atoms with Crippen LogP contribution in [0.15, 0.2) is 0 Å². The van der Waals surface area contributed by atoms with E-state index >= 15 is 0 Å². The van der Waals surface area contributed by atoms with Crippen molar-refractivity contribution in [1.82, 2.24) is 0 Å². The minimum atomic E-state index is 0.413. The van der Waals surface area contributed by atoms with Gasteiger partial charge < -0.3 is 0 Å². The first-order valence-electron chi connectivity index (χ1n) is 3.17. The van der Waals surface area contributed by atoms with Gasteiger partial charge in [-0.1, -0.05) is 0 Å². The van der Waals surface area contributed by atoms with Crippen LogP contribution in [0.1, 0.15) is 0 Å². The van der Waals surface area contributed by atoms with Crippen LogP contribution in [0.3, 0.4) is 0 Å². The zero-order chi connectivity index (χ0) is 7.84. The molecule has 0 nitrogen and oxygen atoms in total. The van der Waals surface area contributed by atoms with E-state index in [0.717, 1.165) is 9.16 Å². The monoisotopic (exact) mass is 260 g/mol. The molecule has 4 atom stereocenters. The van der Waals surface area contributed by atoms with E-state index in [1.807, 2.05) is 23.5 Å². The lowest BCUT2D eigenvalue weighted by molar-refractivity contribution is 1.26. The fourth-order valence-corrected chi connectivity index (χ4v) is 9.87. The second kappa shape index (κ2) is 4.09. The van der Waals surface area contributed by atoms with Crippen LogP contribution in [0.4, 0.5) is 0 Å². The molecule has 0 saturated carbocycles. The van der Waals surface area contributed by atoms with Crippen LogP contribution in [0.2, 0.25) is 0 Å². The summed E-state index contributed by atoms with van der Waals surface area (Å²) < 4.78 is 2.35. The molecule has 0 aromatic carbocycles. The first-order chi connectivity index (χ1) is 5.27. The van der Waals surface area contributed by atoms with Crippen LogP contribution < -0.4 is 0 Å². The van der Waals surface area contributed by atoms with Crippen molar-refractivity contribution in [2.24, 2.45) is 0 Å². The Hall–Kier alpha value is 2.10. The summed E-state index contributed by atoms with van der Waals surface area (Å²) in [6.45, 7) is 0. The second-order valence-electron chi connectivity index (χ2n) is 2.24. The van der Waals surface area contributed by atoms with E-state index in [0.29, 0.717) is 9.16 Å². The highest BCUT2D eigenvalue weighted by molar-refractivity contribution is 8.36. The molecule has 11 heavy (non-hydrogen) atoms. The van der Waals surface area contributed by atoms with Gasteiger partial charge >= 0.3 is 0 Å². The second-order valence-corrected chi connectivity index (χ2v) is 9.85. The molecule has 0 radical (unpaired) electrons. The maximum absolute atomic E-state index is 4.48. The van der Waals surface area contributed by atoms with Gasteiger partial charge in [0, 0.05) is 5.08 Å². The van der Waals surface area contributed by atoms with Crippen LogP contribution in [-0.2, 0) is 0 Å². The molecule has 0 aromatic heterocycles. The Morgan fingerprint density at radius 3 is 1.82 bits per heavy atom. The number of hydrogen-bond acceptors (Lipinski definition) is 6. The summed E-state index contributed by atoms with van der Waals surface area (Å²) in [6, 6.07) is 0. The van der Waals surface area contributed by atoms with Gasteiger partial charge in [-0.3, -0.25) is 0 Å². The van der Waals surface area contributed by atoms with Crippen molar-refractivity contribution in [3.05, 3.63) is 0 Å². The van der Waals surface area contributed by atoms with Crippen molar-refractivity contribution in [2.75, 3.05) is 5.08 Å². The van der Waals surface area contributed by atoms with Gasteiger partial charge in [0.15, 0.2) is 0 Å². The third-order valence-corrected chi connectivity index (χ3v) is 10.3. The standard InChI is InChI=1S/C5H8S6/c6-2-3(7)11-5-4(10-2)8-1-9-5/h2-7H,1H2. The van der Waals surface area contributed by atoms with Crippen molar-refractivity contribution in [1.29, 1.82) is 0 Å². The Bertz CT molecular complexity index is 134. The van der Waals surface area contributed by atoms with Gasteiger partial charge in [-0.2, -0.15) is 25.3 Å². The Morgan fingerprint density at radius 2 is 1.36 bits per heavy atom. The van der Waals surface area contributed by atoms with Gasteiger partial charge in [-0.25, -0.2) is 0 Å². The van der Waals surface area contributed by atoms with Crippen molar-refractivity contribution >= 4 is 72.3 Å². The van der Waals surface area contributed by atoms with Crippen LogP contribution in [0, 0.1) is 0 Å². The molecule has 4 unspecified atom stereocenters. The van der Waals surface area contributed by atoms with Crippen LogP contribution in [-0.4, -0.2) is 23.4 Å². The molecule has 0 aliphatic carbocycles. The molecule has 0 amide bonds. The summed E-state index contributed by atoms with van der Waals surface area (Å²) in [7, 11) is 0. The summed E-state index contributed by atoms with van der Waals surface area (Å²) in [5.41, 5.74) is 0. The lowest BCUT2D eigenvalue weighted by Crippen LogP contribution is -2.24. The number of thiol groups is 2. The number of thioether (sulfide) groups is 4. The van der Waals surface area contributed by atoms with Crippen molar-refractivity contribution in [3.8, 4) is 0 Å². The molecule has 0 spiro atoms. The summed E-state index contributed by atoms with van der Waals surface area (Å²) in [6.07, 6.45) is 0. The zero-order valence-electron chi connectivity index (χ0n) is 5.54. The topological polar surface area (TPSA) is 0 Å². The molecule has 2 heterocycles. The molecule has 6 heteroatoms. The van der Waals surface area contributed by atoms with E-state index in [9.17, 15) is 0 Å². The number of fused-ring (bicyclic) bond motifs is 1. The molecule has 64 valence electrons. The first-order valence-corrected chi connectivity index (χ1v) is 8.19. The smallest absolute Gasteiger partial charge is 0.0733 e. The molecule has 2 fully saturated rings. The molecular formula is C5H8S6. The average molecular weight is 261 g/mol. The lowest BCUT2D eigenvalue weighted by Gasteiger charge is -2.31. The lowest BCUT2D eigenvalue weighted by atomic mass is 10.9. The summed E-state index contributed by atoms with van der Waals surface area (Å²) >= 11 is 17.0. The molecule has 0 N–H and O–H groups in total. The maximum Gasteiger partial charge on any atom is 0.0733 e. The van der Waals surface area contributed by atoms with Gasteiger partial charge in [-0.15, -0.1) is 47.0 Å². The zero-order valence-corrected chi connectivity index (χ0v) is 10.6. The highest BCUT2D eigenvalue weighted by Crippen LogP contribution is 2.56. The van der Waals surface area contributed by atoms with Gasteiger partial charge in [0.2, 0.25) is 0 Å². The molecule has 2 rings (SSSR count). The minimum absolute atomic E-state index is 0.413. The van der Waals surface area contributed by atoms with E-state index in [4.69, 9.17) is 0 Å². The predicted octanol–water partition coefficient (Wildman–Crippen LogP) is 3.07. The highest BCUT2D eigenvalue weighted by Gasteiger charge is 2.39. The Morgan fingerprint density at radius 1 is 0.909 bits per heavy atom. The fraction of sp³-hybridized carbons (Fsp3) is 1.00. The van der Waals surface area contributed by atoms with E-state index in [1.165, 1.54) is 5.08 Å². The molecule has 2 aliphatic rings. The summed E-state index contributed by atoms with van der Waals surface area (Å²) in [5, 5.41) is 1.25. The van der Waals surface area contributed by atoms with Crippen molar-refractivity contribution < 1.29 is 0 Å². The third kappa shape index (κ3) is 2.13. The number of hydrogen-bond donors (Lipinski definition) is 2. The van der Waals surface area contributed by atoms with Crippen LogP contribution >= 0.6 is 72.3 Å². The maximum atomic E-state index is 4.48. The van der Waals surface area contributed by atoms with Crippen molar-refractivity contribution in [3.63, 3.8) is 0 Å². The normalized spacial score (nSPS) is 50.7. The van der Waals surface area contributed by atoms with E-state index < -0.39 is 0 Å². The summed E-state index contributed by atoms with van der Waals surface area (Å²) in [4.78, 5) is 0. The Balaban J connectivity index is 2.00. The van der Waals surface area contributed by atoms with Gasteiger partial charge in [-0.05, 0) is 0 Å². The highest BCUT2D eigenvalue weighted by atomic mass is 32.3. The molecule has 0 bridgehead atoms. The van der Waals surface area contributed by atoms with Gasteiger partial charge in [0.05, 0.1) is 18.3 Å². The van der Waals surface area contributed by atoms with Crippen molar-refractivity contribution in [2.45, 2.75) is 18.3 Å². The van der Waals surface area contributed by atoms with E-state index in [1.54, 1.807) is 0 Å².